The summed E-state index contributed by atoms with van der Waals surface area (Å²) < 4.78 is 5.39. The smallest absolute Gasteiger partial charge is 0.229 e. The van der Waals surface area contributed by atoms with E-state index in [1.54, 1.807) is 6.20 Å². The van der Waals surface area contributed by atoms with E-state index in [0.29, 0.717) is 18.9 Å². The minimum atomic E-state index is -0.361. The summed E-state index contributed by atoms with van der Waals surface area (Å²) in [5.41, 5.74) is 7.93. The number of hydrogen-bond donors (Lipinski definition) is 2. The Morgan fingerprint density at radius 3 is 2.64 bits per heavy atom. The third-order valence-electron chi connectivity index (χ3n) is 4.49. The number of carbonyl (C=O) groups is 1. The molecule has 1 aromatic heterocycles. The van der Waals surface area contributed by atoms with Gasteiger partial charge in [0.2, 0.25) is 5.91 Å². The van der Waals surface area contributed by atoms with Crippen molar-refractivity contribution in [2.45, 2.75) is 13.0 Å². The third-order valence-corrected chi connectivity index (χ3v) is 4.49. The molecule has 2 unspecified atom stereocenters. The van der Waals surface area contributed by atoms with E-state index in [9.17, 15) is 4.79 Å². The molecule has 25 heavy (non-hydrogen) atoms. The van der Waals surface area contributed by atoms with Gasteiger partial charge in [0.15, 0.2) is 5.82 Å². The number of carbonyl (C=O) groups excluding carboxylic acids is 1. The zero-order valence-corrected chi connectivity index (χ0v) is 14.4. The van der Waals surface area contributed by atoms with Crippen molar-refractivity contribution in [1.29, 1.82) is 0 Å². The lowest BCUT2D eigenvalue weighted by molar-refractivity contribution is -0.120. The summed E-state index contributed by atoms with van der Waals surface area (Å²) in [6.45, 7) is 4.70. The van der Waals surface area contributed by atoms with Gasteiger partial charge in [0.1, 0.15) is 0 Å². The number of ether oxygens (including phenoxy) is 1. The predicted octanol–water partition coefficient (Wildman–Crippen LogP) is 2.19. The summed E-state index contributed by atoms with van der Waals surface area (Å²) in [5.74, 6) is 0.304. The number of rotatable bonds is 5. The Labute approximate surface area is 148 Å². The predicted molar refractivity (Wildman–Crippen MR) is 98.4 cm³/mol. The second-order valence-corrected chi connectivity index (χ2v) is 6.19. The number of nitrogens with zero attached hydrogens (tertiary/aromatic N) is 2. The number of nitrogens with one attached hydrogen (secondary N) is 1. The molecule has 1 aliphatic heterocycles. The van der Waals surface area contributed by atoms with E-state index >= 15 is 0 Å². The van der Waals surface area contributed by atoms with Crippen LogP contribution in [0.3, 0.4) is 0 Å². The first kappa shape index (κ1) is 17.4. The Hall–Kier alpha value is -2.44. The number of aromatic nitrogens is 1. The number of anilines is 2. The van der Waals surface area contributed by atoms with Crippen LogP contribution in [0, 0.1) is 5.92 Å². The second-order valence-electron chi connectivity index (χ2n) is 6.19. The van der Waals surface area contributed by atoms with Crippen molar-refractivity contribution in [3.05, 3.63) is 54.2 Å². The highest BCUT2D eigenvalue weighted by Crippen LogP contribution is 2.26. The summed E-state index contributed by atoms with van der Waals surface area (Å²) in [6.07, 6.45) is 1.74. The van der Waals surface area contributed by atoms with Crippen molar-refractivity contribution in [2.75, 3.05) is 36.5 Å². The molecular weight excluding hydrogens is 316 g/mol. The lowest BCUT2D eigenvalue weighted by atomic mass is 9.94. The SMILES string of the molecule is CC(C(=O)Nc1cccnc1N1CCOCC1)C(N)c1ccccc1. The molecule has 6 nitrogen and oxygen atoms in total. The Bertz CT molecular complexity index is 702. The maximum absolute atomic E-state index is 12.7. The molecule has 1 aromatic carbocycles. The van der Waals surface area contributed by atoms with Crippen molar-refractivity contribution in [3.63, 3.8) is 0 Å². The van der Waals surface area contributed by atoms with E-state index in [4.69, 9.17) is 10.5 Å². The number of amides is 1. The molecule has 132 valence electrons. The maximum atomic E-state index is 12.7. The van der Waals surface area contributed by atoms with Crippen LogP contribution in [-0.4, -0.2) is 37.2 Å². The minimum Gasteiger partial charge on any atom is -0.378 e. The van der Waals surface area contributed by atoms with Crippen molar-refractivity contribution in [3.8, 4) is 0 Å². The van der Waals surface area contributed by atoms with Crippen LogP contribution in [0.4, 0.5) is 11.5 Å². The Morgan fingerprint density at radius 2 is 1.92 bits per heavy atom. The van der Waals surface area contributed by atoms with Crippen LogP contribution < -0.4 is 16.0 Å². The molecule has 1 saturated heterocycles. The van der Waals surface area contributed by atoms with Gasteiger partial charge >= 0.3 is 0 Å². The average Bonchev–Trinajstić information content (AvgIpc) is 2.68. The van der Waals surface area contributed by atoms with Crippen LogP contribution in [0.1, 0.15) is 18.5 Å². The fourth-order valence-corrected chi connectivity index (χ4v) is 2.90. The topological polar surface area (TPSA) is 80.5 Å². The highest BCUT2D eigenvalue weighted by atomic mass is 16.5. The van der Waals surface area contributed by atoms with E-state index in [-0.39, 0.29) is 17.9 Å². The molecule has 0 saturated carbocycles. The lowest BCUT2D eigenvalue weighted by Gasteiger charge is -2.29. The summed E-state index contributed by atoms with van der Waals surface area (Å²) >= 11 is 0. The summed E-state index contributed by atoms with van der Waals surface area (Å²) in [6, 6.07) is 13.0. The van der Waals surface area contributed by atoms with Gasteiger partial charge in [-0.25, -0.2) is 4.98 Å². The standard InChI is InChI=1S/C19H24N4O2/c1-14(17(20)15-6-3-2-4-7-15)19(24)22-16-8-5-9-21-18(16)23-10-12-25-13-11-23/h2-9,14,17H,10-13,20H2,1H3,(H,22,24). The molecule has 2 atom stereocenters. The number of pyridine rings is 1. The highest BCUT2D eigenvalue weighted by Gasteiger charge is 2.24. The Kier molecular flexibility index (Phi) is 5.63. The Morgan fingerprint density at radius 1 is 1.20 bits per heavy atom. The molecule has 0 aliphatic carbocycles. The number of nitrogens with two attached hydrogens (primary N) is 1. The van der Waals surface area contributed by atoms with Crippen molar-refractivity contribution < 1.29 is 9.53 Å². The zero-order chi connectivity index (χ0) is 17.6. The first-order valence-electron chi connectivity index (χ1n) is 8.56. The molecule has 3 rings (SSSR count). The van der Waals surface area contributed by atoms with Gasteiger partial charge in [0.05, 0.1) is 24.8 Å². The van der Waals surface area contributed by atoms with E-state index in [1.165, 1.54) is 0 Å². The van der Waals surface area contributed by atoms with E-state index < -0.39 is 0 Å². The van der Waals surface area contributed by atoms with Crippen molar-refractivity contribution in [1.82, 2.24) is 4.98 Å². The van der Waals surface area contributed by atoms with Crippen molar-refractivity contribution >= 4 is 17.4 Å². The lowest BCUT2D eigenvalue weighted by Crippen LogP contribution is -2.38. The van der Waals surface area contributed by atoms with Crippen LogP contribution in [0.5, 0.6) is 0 Å². The second kappa shape index (κ2) is 8.09. The van der Waals surface area contributed by atoms with Crippen LogP contribution in [0.15, 0.2) is 48.7 Å². The molecule has 6 heteroatoms. The van der Waals surface area contributed by atoms with Crippen LogP contribution >= 0.6 is 0 Å². The molecule has 0 radical (unpaired) electrons. The molecule has 3 N–H and O–H groups in total. The van der Waals surface area contributed by atoms with E-state index in [2.05, 4.69) is 15.2 Å². The normalized spacial score (nSPS) is 17.0. The van der Waals surface area contributed by atoms with E-state index in [1.807, 2.05) is 49.4 Å². The fraction of sp³-hybridized carbons (Fsp3) is 0.368. The largest absolute Gasteiger partial charge is 0.378 e. The highest BCUT2D eigenvalue weighted by molar-refractivity contribution is 5.95. The van der Waals surface area contributed by atoms with Gasteiger partial charge in [0.25, 0.3) is 0 Å². The Balaban J connectivity index is 1.72. The van der Waals surface area contributed by atoms with Gasteiger partial charge in [-0.15, -0.1) is 0 Å². The first-order valence-corrected chi connectivity index (χ1v) is 8.56. The number of morpholine rings is 1. The quantitative estimate of drug-likeness (QED) is 0.872. The molecular formula is C19H24N4O2. The number of hydrogen-bond acceptors (Lipinski definition) is 5. The zero-order valence-electron chi connectivity index (χ0n) is 14.4. The summed E-state index contributed by atoms with van der Waals surface area (Å²) in [7, 11) is 0. The summed E-state index contributed by atoms with van der Waals surface area (Å²) in [5, 5.41) is 2.99. The molecule has 0 spiro atoms. The van der Waals surface area contributed by atoms with Crippen LogP contribution in [-0.2, 0) is 9.53 Å². The average molecular weight is 340 g/mol. The monoisotopic (exact) mass is 340 g/mol. The summed E-state index contributed by atoms with van der Waals surface area (Å²) in [4.78, 5) is 19.3. The van der Waals surface area contributed by atoms with Gasteiger partial charge < -0.3 is 20.7 Å². The maximum Gasteiger partial charge on any atom is 0.229 e. The molecule has 2 heterocycles. The van der Waals surface area contributed by atoms with Gasteiger partial charge in [-0.05, 0) is 17.7 Å². The third kappa shape index (κ3) is 4.15. The van der Waals surface area contributed by atoms with Crippen LogP contribution in [0.25, 0.3) is 0 Å². The fourth-order valence-electron chi connectivity index (χ4n) is 2.90. The van der Waals surface area contributed by atoms with Gasteiger partial charge in [-0.2, -0.15) is 0 Å². The molecule has 0 bridgehead atoms. The van der Waals surface area contributed by atoms with Gasteiger partial charge in [-0.3, -0.25) is 4.79 Å². The van der Waals surface area contributed by atoms with Gasteiger partial charge in [-0.1, -0.05) is 37.3 Å². The molecule has 1 fully saturated rings. The van der Waals surface area contributed by atoms with Gasteiger partial charge in [0, 0.05) is 25.3 Å². The first-order chi connectivity index (χ1) is 12.2. The minimum absolute atomic E-state index is 0.112. The van der Waals surface area contributed by atoms with Crippen LogP contribution in [0.2, 0.25) is 0 Å². The van der Waals surface area contributed by atoms with E-state index in [0.717, 1.165) is 24.5 Å². The molecule has 2 aromatic rings. The van der Waals surface area contributed by atoms with Crippen molar-refractivity contribution in [2.24, 2.45) is 11.7 Å². The number of benzene rings is 1. The molecule has 1 amide bonds. The molecule has 1 aliphatic rings.